The molecule has 1 aromatic heterocycles. The van der Waals surface area contributed by atoms with Crippen LogP contribution in [0.4, 0.5) is 0 Å². The smallest absolute Gasteiger partial charge is 0.305 e. The average Bonchev–Trinajstić information content (AvgIpc) is 3.16. The zero-order chi connectivity index (χ0) is 16.2. The first kappa shape index (κ1) is 16.5. The van der Waals surface area contributed by atoms with E-state index in [0.717, 1.165) is 12.8 Å². The number of aliphatic carboxylic acids is 1. The van der Waals surface area contributed by atoms with Gasteiger partial charge in [0, 0.05) is 6.20 Å². The van der Waals surface area contributed by atoms with Gasteiger partial charge in [0.1, 0.15) is 5.69 Å². The highest BCUT2D eigenvalue weighted by atomic mass is 16.4. The van der Waals surface area contributed by atoms with Crippen LogP contribution in [0.1, 0.15) is 75.3 Å². The molecular formula is C16H25N3O3. The summed E-state index contributed by atoms with van der Waals surface area (Å²) in [5.41, 5.74) is -0.344. The van der Waals surface area contributed by atoms with Crippen molar-refractivity contribution in [2.24, 2.45) is 0 Å². The minimum atomic E-state index is -0.902. The number of carbonyl (C=O) groups is 2. The summed E-state index contributed by atoms with van der Waals surface area (Å²) in [4.78, 5) is 23.5. The number of carboxylic acids is 1. The minimum absolute atomic E-state index is 0.0743. The van der Waals surface area contributed by atoms with Crippen LogP contribution in [0.3, 0.4) is 0 Å². The van der Waals surface area contributed by atoms with Gasteiger partial charge in [-0.05, 0) is 31.7 Å². The first-order valence-electron chi connectivity index (χ1n) is 8.09. The molecule has 0 aliphatic heterocycles. The van der Waals surface area contributed by atoms with Gasteiger partial charge in [-0.2, -0.15) is 5.10 Å². The number of nitrogens with one attached hydrogen (secondary N) is 1. The van der Waals surface area contributed by atoms with Crippen LogP contribution < -0.4 is 5.32 Å². The van der Waals surface area contributed by atoms with Gasteiger partial charge in [0.15, 0.2) is 0 Å². The summed E-state index contributed by atoms with van der Waals surface area (Å²) in [5, 5.41) is 16.3. The molecule has 1 aliphatic rings. The number of amides is 1. The van der Waals surface area contributed by atoms with Gasteiger partial charge in [-0.3, -0.25) is 14.3 Å². The van der Waals surface area contributed by atoms with Gasteiger partial charge < -0.3 is 10.4 Å². The van der Waals surface area contributed by atoms with E-state index in [1.165, 1.54) is 12.8 Å². The Morgan fingerprint density at radius 2 is 2.00 bits per heavy atom. The molecule has 1 aromatic rings. The fourth-order valence-electron chi connectivity index (χ4n) is 3.15. The minimum Gasteiger partial charge on any atom is -0.481 e. The lowest BCUT2D eigenvalue weighted by Gasteiger charge is -2.31. The van der Waals surface area contributed by atoms with Crippen molar-refractivity contribution in [2.75, 3.05) is 0 Å². The van der Waals surface area contributed by atoms with Crippen molar-refractivity contribution in [1.29, 1.82) is 0 Å². The topological polar surface area (TPSA) is 84.2 Å². The Labute approximate surface area is 130 Å². The highest BCUT2D eigenvalue weighted by Crippen LogP contribution is 2.28. The van der Waals surface area contributed by atoms with E-state index in [-0.39, 0.29) is 12.3 Å². The Hall–Kier alpha value is -1.85. The summed E-state index contributed by atoms with van der Waals surface area (Å²) in [6.45, 7) is 3.79. The molecule has 0 spiro atoms. The highest BCUT2D eigenvalue weighted by molar-refractivity contribution is 5.93. The number of carbonyl (C=O) groups excluding carboxylic acids is 1. The SMILES string of the molecule is CCC(CC)(CC(=O)O)NC(=O)c1ccn(C2CCCC2)n1. The largest absolute Gasteiger partial charge is 0.481 e. The Bertz CT molecular complexity index is 528. The van der Waals surface area contributed by atoms with Crippen molar-refractivity contribution in [3.05, 3.63) is 18.0 Å². The van der Waals surface area contributed by atoms with E-state index in [2.05, 4.69) is 10.4 Å². The van der Waals surface area contributed by atoms with Crippen LogP contribution in [-0.2, 0) is 4.79 Å². The monoisotopic (exact) mass is 307 g/mol. The summed E-state index contributed by atoms with van der Waals surface area (Å²) in [6, 6.07) is 2.10. The van der Waals surface area contributed by atoms with Gasteiger partial charge in [0.05, 0.1) is 18.0 Å². The fraction of sp³-hybridized carbons (Fsp3) is 0.688. The van der Waals surface area contributed by atoms with Gasteiger partial charge in [-0.1, -0.05) is 26.7 Å². The van der Waals surface area contributed by atoms with Gasteiger partial charge >= 0.3 is 5.97 Å². The Morgan fingerprint density at radius 3 is 2.55 bits per heavy atom. The summed E-state index contributed by atoms with van der Waals surface area (Å²) >= 11 is 0. The summed E-state index contributed by atoms with van der Waals surface area (Å²) in [5.74, 6) is -1.19. The predicted molar refractivity (Wildman–Crippen MR) is 82.8 cm³/mol. The molecule has 0 radical (unpaired) electrons. The Kier molecular flexibility index (Phi) is 5.21. The molecule has 122 valence electrons. The third-order valence-electron chi connectivity index (χ3n) is 4.76. The van der Waals surface area contributed by atoms with Crippen LogP contribution in [0.25, 0.3) is 0 Å². The molecule has 1 saturated carbocycles. The molecule has 6 heteroatoms. The maximum atomic E-state index is 12.4. The molecule has 0 bridgehead atoms. The van der Waals surface area contributed by atoms with Crippen molar-refractivity contribution in [3.63, 3.8) is 0 Å². The van der Waals surface area contributed by atoms with Crippen molar-refractivity contribution in [2.45, 2.75) is 70.4 Å². The predicted octanol–water partition coefficient (Wildman–Crippen LogP) is 2.76. The Morgan fingerprint density at radius 1 is 1.36 bits per heavy atom. The molecule has 22 heavy (non-hydrogen) atoms. The van der Waals surface area contributed by atoms with E-state index in [0.29, 0.717) is 24.6 Å². The van der Waals surface area contributed by atoms with Crippen LogP contribution in [0, 0.1) is 0 Å². The van der Waals surface area contributed by atoms with E-state index in [9.17, 15) is 9.59 Å². The molecule has 0 unspecified atom stereocenters. The number of rotatable bonds is 7. The second-order valence-electron chi connectivity index (χ2n) is 6.13. The lowest BCUT2D eigenvalue weighted by atomic mass is 9.89. The zero-order valence-corrected chi connectivity index (χ0v) is 13.3. The van der Waals surface area contributed by atoms with E-state index >= 15 is 0 Å². The van der Waals surface area contributed by atoms with Gasteiger partial charge in [0.2, 0.25) is 0 Å². The average molecular weight is 307 g/mol. The molecule has 2 N–H and O–H groups in total. The van der Waals surface area contributed by atoms with Crippen LogP contribution >= 0.6 is 0 Å². The maximum Gasteiger partial charge on any atom is 0.305 e. The summed E-state index contributed by atoms with van der Waals surface area (Å²) in [7, 11) is 0. The quantitative estimate of drug-likeness (QED) is 0.811. The van der Waals surface area contributed by atoms with E-state index < -0.39 is 11.5 Å². The number of hydrogen-bond acceptors (Lipinski definition) is 3. The zero-order valence-electron chi connectivity index (χ0n) is 13.3. The molecule has 1 aliphatic carbocycles. The highest BCUT2D eigenvalue weighted by Gasteiger charge is 2.32. The first-order chi connectivity index (χ1) is 10.5. The molecule has 2 rings (SSSR count). The van der Waals surface area contributed by atoms with E-state index in [1.807, 2.05) is 24.7 Å². The second kappa shape index (κ2) is 6.94. The molecule has 1 amide bonds. The van der Waals surface area contributed by atoms with Crippen LogP contribution in [-0.4, -0.2) is 32.3 Å². The maximum absolute atomic E-state index is 12.4. The van der Waals surface area contributed by atoms with Crippen molar-refractivity contribution in [1.82, 2.24) is 15.1 Å². The third-order valence-corrected chi connectivity index (χ3v) is 4.76. The molecule has 1 heterocycles. The molecule has 0 aromatic carbocycles. The number of carboxylic acid groups (broad SMARTS) is 1. The molecule has 1 fully saturated rings. The second-order valence-corrected chi connectivity index (χ2v) is 6.13. The first-order valence-corrected chi connectivity index (χ1v) is 8.09. The van der Waals surface area contributed by atoms with Crippen molar-refractivity contribution < 1.29 is 14.7 Å². The number of nitrogens with zero attached hydrogens (tertiary/aromatic N) is 2. The lowest BCUT2D eigenvalue weighted by Crippen LogP contribution is -2.49. The normalized spacial score (nSPS) is 15.9. The van der Waals surface area contributed by atoms with Crippen LogP contribution in [0.2, 0.25) is 0 Å². The molecule has 0 saturated heterocycles. The lowest BCUT2D eigenvalue weighted by molar-refractivity contribution is -0.138. The number of aromatic nitrogens is 2. The summed E-state index contributed by atoms with van der Waals surface area (Å²) < 4.78 is 1.87. The van der Waals surface area contributed by atoms with Crippen LogP contribution in [0.15, 0.2) is 12.3 Å². The van der Waals surface area contributed by atoms with Crippen molar-refractivity contribution in [3.8, 4) is 0 Å². The van der Waals surface area contributed by atoms with Crippen LogP contribution in [0.5, 0.6) is 0 Å². The van der Waals surface area contributed by atoms with Gasteiger partial charge in [-0.15, -0.1) is 0 Å². The molecular weight excluding hydrogens is 282 g/mol. The molecule has 6 nitrogen and oxygen atoms in total. The Balaban J connectivity index is 2.08. The number of hydrogen-bond donors (Lipinski definition) is 2. The van der Waals surface area contributed by atoms with Crippen molar-refractivity contribution >= 4 is 11.9 Å². The van der Waals surface area contributed by atoms with Gasteiger partial charge in [-0.25, -0.2) is 0 Å². The summed E-state index contributed by atoms with van der Waals surface area (Å²) in [6.07, 6.45) is 7.55. The fourth-order valence-corrected chi connectivity index (χ4v) is 3.15. The standard InChI is InChI=1S/C16H25N3O3/c1-3-16(4-2,11-14(20)21)17-15(22)13-9-10-19(18-13)12-7-5-6-8-12/h9-10,12H,3-8,11H2,1-2H3,(H,17,22)(H,20,21). The van der Waals surface area contributed by atoms with E-state index in [4.69, 9.17) is 5.11 Å². The molecule has 0 atom stereocenters. The van der Waals surface area contributed by atoms with E-state index in [1.54, 1.807) is 6.07 Å². The van der Waals surface area contributed by atoms with Gasteiger partial charge in [0.25, 0.3) is 5.91 Å². The third kappa shape index (κ3) is 3.67.